The molecule has 0 amide bonds. The van der Waals surface area contributed by atoms with Gasteiger partial charge in [0.15, 0.2) is 23.1 Å². The van der Waals surface area contributed by atoms with Crippen molar-refractivity contribution >= 4 is 11.6 Å². The highest BCUT2D eigenvalue weighted by Crippen LogP contribution is 2.37. The van der Waals surface area contributed by atoms with Gasteiger partial charge in [-0.15, -0.1) is 0 Å². The Morgan fingerprint density at radius 3 is 2.26 bits per heavy atom. The fraction of sp³-hybridized carbons (Fsp3) is 0.444. The summed E-state index contributed by atoms with van der Waals surface area (Å²) in [5.41, 5.74) is 0.849. The molecule has 124 valence electrons. The van der Waals surface area contributed by atoms with Crippen LogP contribution in [-0.4, -0.2) is 30.9 Å². The molecule has 1 aliphatic carbocycles. The number of hydrogen-bond acceptors (Lipinski definition) is 5. The average Bonchev–Trinajstić information content (AvgIpc) is 2.53. The molecule has 0 radical (unpaired) electrons. The maximum Gasteiger partial charge on any atom is 0.170 e. The third kappa shape index (κ3) is 3.55. The summed E-state index contributed by atoms with van der Waals surface area (Å²) >= 11 is 0. The predicted molar refractivity (Wildman–Crippen MR) is 86.1 cm³/mol. The van der Waals surface area contributed by atoms with Crippen LogP contribution in [0.1, 0.15) is 44.1 Å². The summed E-state index contributed by atoms with van der Waals surface area (Å²) in [4.78, 5) is 24.6. The van der Waals surface area contributed by atoms with E-state index in [0.717, 1.165) is 5.56 Å². The molecule has 1 aliphatic rings. The van der Waals surface area contributed by atoms with Crippen molar-refractivity contribution in [2.24, 2.45) is 0 Å². The average molecular weight is 318 g/mol. The van der Waals surface area contributed by atoms with Gasteiger partial charge < -0.3 is 14.6 Å². The number of methoxy groups -OCH3 is 2. The third-order valence-corrected chi connectivity index (χ3v) is 4.08. The van der Waals surface area contributed by atoms with Crippen molar-refractivity contribution in [1.82, 2.24) is 0 Å². The Hall–Kier alpha value is -2.30. The Kier molecular flexibility index (Phi) is 5.42. The molecule has 0 heterocycles. The van der Waals surface area contributed by atoms with Crippen molar-refractivity contribution < 1.29 is 24.2 Å². The molecule has 2 rings (SSSR count). The smallest absolute Gasteiger partial charge is 0.170 e. The Labute approximate surface area is 135 Å². The van der Waals surface area contributed by atoms with Gasteiger partial charge >= 0.3 is 0 Å². The van der Waals surface area contributed by atoms with Crippen molar-refractivity contribution in [3.63, 3.8) is 0 Å². The van der Waals surface area contributed by atoms with Gasteiger partial charge in [-0.05, 0) is 30.0 Å². The Morgan fingerprint density at radius 2 is 1.74 bits per heavy atom. The number of rotatable bonds is 5. The standard InChI is InChI=1S/C18H22O5/c1-4-5-13(19)18-14(20)8-12(9-15(18)21)11-6-7-16(22-2)17(10-11)23-3/h6-7,10,12,19H,4-5,8-9H2,1-3H3. The van der Waals surface area contributed by atoms with E-state index in [0.29, 0.717) is 24.3 Å². The van der Waals surface area contributed by atoms with Crippen LogP contribution in [0.4, 0.5) is 0 Å². The van der Waals surface area contributed by atoms with E-state index in [-0.39, 0.29) is 41.7 Å². The van der Waals surface area contributed by atoms with Gasteiger partial charge in [-0.2, -0.15) is 0 Å². The molecule has 1 N–H and O–H groups in total. The summed E-state index contributed by atoms with van der Waals surface area (Å²) in [5, 5.41) is 9.92. The second kappa shape index (κ2) is 7.31. The first-order valence-corrected chi connectivity index (χ1v) is 7.72. The zero-order valence-electron chi connectivity index (χ0n) is 13.7. The minimum absolute atomic E-state index is 0.0106. The van der Waals surface area contributed by atoms with Crippen molar-refractivity contribution in [2.75, 3.05) is 14.2 Å². The van der Waals surface area contributed by atoms with Crippen LogP contribution in [0.5, 0.6) is 11.5 Å². The Balaban J connectivity index is 2.27. The van der Waals surface area contributed by atoms with Crippen molar-refractivity contribution in [3.8, 4) is 11.5 Å². The molecule has 1 aromatic rings. The van der Waals surface area contributed by atoms with Crippen molar-refractivity contribution in [1.29, 1.82) is 0 Å². The van der Waals surface area contributed by atoms with E-state index in [9.17, 15) is 14.7 Å². The van der Waals surface area contributed by atoms with Crippen LogP contribution in [0.2, 0.25) is 0 Å². The minimum atomic E-state index is -0.285. The normalized spacial score (nSPS) is 18.0. The van der Waals surface area contributed by atoms with Crippen LogP contribution in [0.15, 0.2) is 29.5 Å². The molecular formula is C18H22O5. The summed E-state index contributed by atoms with van der Waals surface area (Å²) < 4.78 is 10.5. The highest BCUT2D eigenvalue weighted by Gasteiger charge is 2.33. The van der Waals surface area contributed by atoms with E-state index in [1.807, 2.05) is 13.0 Å². The Morgan fingerprint density at radius 1 is 1.13 bits per heavy atom. The highest BCUT2D eigenvalue weighted by atomic mass is 16.5. The number of carbonyl (C=O) groups is 2. The molecule has 0 bridgehead atoms. The largest absolute Gasteiger partial charge is 0.511 e. The maximum absolute atomic E-state index is 12.3. The van der Waals surface area contributed by atoms with Crippen LogP contribution in [-0.2, 0) is 9.59 Å². The lowest BCUT2D eigenvalue weighted by atomic mass is 9.79. The SMILES string of the molecule is CCCC(O)=C1C(=O)CC(c2ccc(OC)c(OC)c2)CC1=O. The van der Waals surface area contributed by atoms with Gasteiger partial charge in [0.1, 0.15) is 5.76 Å². The van der Waals surface area contributed by atoms with Crippen LogP contribution in [0, 0.1) is 0 Å². The molecule has 0 aliphatic heterocycles. The molecule has 0 saturated heterocycles. The quantitative estimate of drug-likeness (QED) is 0.512. The van der Waals surface area contributed by atoms with Gasteiger partial charge in [-0.25, -0.2) is 0 Å². The number of hydrogen-bond donors (Lipinski definition) is 1. The molecule has 1 fully saturated rings. The van der Waals surface area contributed by atoms with Crippen LogP contribution < -0.4 is 9.47 Å². The van der Waals surface area contributed by atoms with Gasteiger partial charge in [0.2, 0.25) is 0 Å². The summed E-state index contributed by atoms with van der Waals surface area (Å²) in [5.74, 6) is 0.325. The molecule has 0 aromatic heterocycles. The monoisotopic (exact) mass is 318 g/mol. The van der Waals surface area contributed by atoms with E-state index >= 15 is 0 Å². The summed E-state index contributed by atoms with van der Waals surface area (Å²) in [6.07, 6.45) is 1.47. The van der Waals surface area contributed by atoms with Gasteiger partial charge in [0.05, 0.1) is 19.8 Å². The predicted octanol–water partition coefficient (Wildman–Crippen LogP) is 3.33. The van der Waals surface area contributed by atoms with Crippen LogP contribution >= 0.6 is 0 Å². The van der Waals surface area contributed by atoms with E-state index in [1.54, 1.807) is 26.4 Å². The number of ether oxygens (including phenoxy) is 2. The first-order valence-electron chi connectivity index (χ1n) is 7.72. The van der Waals surface area contributed by atoms with Gasteiger partial charge in [-0.1, -0.05) is 13.0 Å². The lowest BCUT2D eigenvalue weighted by molar-refractivity contribution is -0.124. The topological polar surface area (TPSA) is 72.8 Å². The number of Topliss-reactive ketones (excluding diaryl/α,β-unsaturated/α-hetero) is 2. The number of carbonyl (C=O) groups excluding carboxylic acids is 2. The van der Waals surface area contributed by atoms with E-state index in [2.05, 4.69) is 0 Å². The second-order valence-corrected chi connectivity index (χ2v) is 5.64. The maximum atomic E-state index is 12.3. The lowest BCUT2D eigenvalue weighted by Gasteiger charge is -2.23. The number of allylic oxidation sites excluding steroid dienone is 2. The van der Waals surface area contributed by atoms with Gasteiger partial charge in [0, 0.05) is 19.3 Å². The zero-order chi connectivity index (χ0) is 17.0. The van der Waals surface area contributed by atoms with Crippen LogP contribution in [0.25, 0.3) is 0 Å². The third-order valence-electron chi connectivity index (χ3n) is 4.08. The second-order valence-electron chi connectivity index (χ2n) is 5.64. The van der Waals surface area contributed by atoms with Crippen molar-refractivity contribution in [3.05, 3.63) is 35.1 Å². The van der Waals surface area contributed by atoms with Gasteiger partial charge in [0.25, 0.3) is 0 Å². The van der Waals surface area contributed by atoms with Crippen molar-refractivity contribution in [2.45, 2.75) is 38.5 Å². The highest BCUT2D eigenvalue weighted by molar-refractivity contribution is 6.22. The minimum Gasteiger partial charge on any atom is -0.511 e. The van der Waals surface area contributed by atoms with E-state index < -0.39 is 0 Å². The number of benzene rings is 1. The lowest BCUT2D eigenvalue weighted by Crippen LogP contribution is -2.26. The number of aliphatic hydroxyl groups excluding tert-OH is 1. The number of aliphatic hydroxyl groups is 1. The molecular weight excluding hydrogens is 296 g/mol. The Bertz CT molecular complexity index is 625. The first-order chi connectivity index (χ1) is 11.0. The van der Waals surface area contributed by atoms with Gasteiger partial charge in [-0.3, -0.25) is 9.59 Å². The summed E-state index contributed by atoms with van der Waals surface area (Å²) in [7, 11) is 3.10. The first kappa shape index (κ1) is 17.1. The molecule has 1 saturated carbocycles. The van der Waals surface area contributed by atoms with E-state index in [4.69, 9.17) is 9.47 Å². The molecule has 23 heavy (non-hydrogen) atoms. The number of ketones is 2. The zero-order valence-corrected chi connectivity index (χ0v) is 13.7. The van der Waals surface area contributed by atoms with Crippen LogP contribution in [0.3, 0.4) is 0 Å². The molecule has 0 unspecified atom stereocenters. The molecule has 0 atom stereocenters. The summed E-state index contributed by atoms with van der Waals surface area (Å²) in [6, 6.07) is 5.40. The fourth-order valence-electron chi connectivity index (χ4n) is 2.91. The fourth-order valence-corrected chi connectivity index (χ4v) is 2.91. The summed E-state index contributed by atoms with van der Waals surface area (Å²) in [6.45, 7) is 1.89. The molecule has 5 nitrogen and oxygen atoms in total. The van der Waals surface area contributed by atoms with E-state index in [1.165, 1.54) is 0 Å². The molecule has 1 aromatic carbocycles. The molecule has 5 heteroatoms. The molecule has 0 spiro atoms.